The molecule has 21 heavy (non-hydrogen) atoms. The largest absolute Gasteiger partial charge is 0.303 e. The van der Waals surface area contributed by atoms with E-state index in [-0.39, 0.29) is 5.78 Å². The average molecular weight is 302 g/mol. The maximum Gasteiger partial charge on any atom is 0.175 e. The molecule has 2 rings (SSSR count). The molecular formula is C17H22N2OS. The Kier molecular flexibility index (Phi) is 5.65. The number of thiazole rings is 1. The van der Waals surface area contributed by atoms with Gasteiger partial charge in [-0.15, -0.1) is 11.3 Å². The second-order valence-electron chi connectivity index (χ2n) is 5.00. The molecule has 1 aromatic carbocycles. The van der Waals surface area contributed by atoms with Crippen molar-refractivity contribution >= 4 is 17.1 Å². The Morgan fingerprint density at radius 3 is 2.48 bits per heavy atom. The number of Topliss-reactive ketones (excluding diaryl/α,β-unsaturated/α-hetero) is 1. The molecule has 1 aromatic heterocycles. The first-order chi connectivity index (χ1) is 10.2. The van der Waals surface area contributed by atoms with Crippen LogP contribution in [0.2, 0.25) is 0 Å². The first-order valence-corrected chi connectivity index (χ1v) is 8.25. The van der Waals surface area contributed by atoms with Crippen LogP contribution >= 0.6 is 11.3 Å². The van der Waals surface area contributed by atoms with E-state index < -0.39 is 0 Å². The van der Waals surface area contributed by atoms with Gasteiger partial charge in [0.25, 0.3) is 0 Å². The first kappa shape index (κ1) is 15.9. The van der Waals surface area contributed by atoms with Crippen molar-refractivity contribution in [3.05, 3.63) is 40.9 Å². The van der Waals surface area contributed by atoms with Gasteiger partial charge in [-0.1, -0.05) is 44.2 Å². The summed E-state index contributed by atoms with van der Waals surface area (Å²) in [6, 6.07) is 10.0. The predicted molar refractivity (Wildman–Crippen MR) is 89.0 cm³/mol. The van der Waals surface area contributed by atoms with Gasteiger partial charge in [-0.3, -0.25) is 4.79 Å². The maximum absolute atomic E-state index is 12.4. The summed E-state index contributed by atoms with van der Waals surface area (Å²) in [5.41, 5.74) is 1.93. The summed E-state index contributed by atoms with van der Waals surface area (Å²) in [5, 5.41) is 0.930. The van der Waals surface area contributed by atoms with Crippen LogP contribution in [0.15, 0.2) is 30.3 Å². The normalized spacial score (nSPS) is 11.0. The number of rotatable bonds is 7. The van der Waals surface area contributed by atoms with Crippen molar-refractivity contribution < 1.29 is 4.79 Å². The summed E-state index contributed by atoms with van der Waals surface area (Å²) in [6.07, 6.45) is 0.568. The summed E-state index contributed by atoms with van der Waals surface area (Å²) < 4.78 is 0. The number of hydrogen-bond acceptors (Lipinski definition) is 4. The van der Waals surface area contributed by atoms with Crippen molar-refractivity contribution in [1.82, 2.24) is 9.88 Å². The van der Waals surface area contributed by atoms with Crippen LogP contribution in [-0.2, 0) is 0 Å². The van der Waals surface area contributed by atoms with E-state index in [1.807, 2.05) is 37.3 Å². The van der Waals surface area contributed by atoms with Gasteiger partial charge < -0.3 is 4.90 Å². The molecule has 0 fully saturated rings. The Hall–Kier alpha value is -1.52. The highest BCUT2D eigenvalue weighted by Crippen LogP contribution is 2.28. The van der Waals surface area contributed by atoms with Crippen molar-refractivity contribution in [1.29, 1.82) is 0 Å². The first-order valence-electron chi connectivity index (χ1n) is 7.44. The van der Waals surface area contributed by atoms with E-state index in [0.717, 1.165) is 40.8 Å². The fourth-order valence-electron chi connectivity index (χ4n) is 2.27. The van der Waals surface area contributed by atoms with Crippen LogP contribution in [0.5, 0.6) is 0 Å². The van der Waals surface area contributed by atoms with E-state index in [1.165, 1.54) is 11.3 Å². The topological polar surface area (TPSA) is 33.2 Å². The van der Waals surface area contributed by atoms with Gasteiger partial charge in [0.2, 0.25) is 0 Å². The Bertz CT molecular complexity index is 588. The van der Waals surface area contributed by atoms with Crippen molar-refractivity contribution in [2.24, 2.45) is 0 Å². The molecule has 0 saturated heterocycles. The van der Waals surface area contributed by atoms with Gasteiger partial charge in [0.15, 0.2) is 5.78 Å². The molecule has 4 heteroatoms. The van der Waals surface area contributed by atoms with Crippen LogP contribution in [0.25, 0.3) is 10.6 Å². The number of hydrogen-bond donors (Lipinski definition) is 0. The number of ketones is 1. The van der Waals surface area contributed by atoms with Gasteiger partial charge in [0.05, 0.1) is 10.6 Å². The molecule has 0 aliphatic carbocycles. The zero-order valence-electron chi connectivity index (χ0n) is 12.9. The molecule has 2 aromatic rings. The summed E-state index contributed by atoms with van der Waals surface area (Å²) in [6.45, 7) is 8.97. The van der Waals surface area contributed by atoms with Crippen LogP contribution < -0.4 is 0 Å². The zero-order valence-corrected chi connectivity index (χ0v) is 13.7. The fraction of sp³-hybridized carbons (Fsp3) is 0.412. The zero-order chi connectivity index (χ0) is 15.2. The SMILES string of the molecule is CCN(CC)CCC(=O)c1sc(-c2ccccc2)nc1C. The van der Waals surface area contributed by atoms with Gasteiger partial charge in [-0.05, 0) is 20.0 Å². The third-order valence-electron chi connectivity index (χ3n) is 3.62. The van der Waals surface area contributed by atoms with Gasteiger partial charge >= 0.3 is 0 Å². The molecule has 0 N–H and O–H groups in total. The number of carbonyl (C=O) groups is 1. The van der Waals surface area contributed by atoms with Crippen molar-refractivity contribution in [2.45, 2.75) is 27.2 Å². The lowest BCUT2D eigenvalue weighted by Crippen LogP contribution is -2.25. The highest BCUT2D eigenvalue weighted by atomic mass is 32.1. The number of aromatic nitrogens is 1. The molecule has 0 saturated carbocycles. The van der Waals surface area contributed by atoms with Gasteiger partial charge in [-0.25, -0.2) is 4.98 Å². The standard InChI is InChI=1S/C17H22N2OS/c1-4-19(5-2)12-11-15(20)16-13(3)18-17(21-16)14-9-7-6-8-10-14/h6-10H,4-5,11-12H2,1-3H3. The molecule has 0 aliphatic heterocycles. The van der Waals surface area contributed by atoms with E-state index in [0.29, 0.717) is 6.42 Å². The monoisotopic (exact) mass is 302 g/mol. The molecule has 3 nitrogen and oxygen atoms in total. The van der Waals surface area contributed by atoms with Crippen molar-refractivity contribution in [2.75, 3.05) is 19.6 Å². The van der Waals surface area contributed by atoms with Gasteiger partial charge in [-0.2, -0.15) is 0 Å². The summed E-state index contributed by atoms with van der Waals surface area (Å²) in [5.74, 6) is 0.207. The van der Waals surface area contributed by atoms with Crippen LogP contribution in [0, 0.1) is 6.92 Å². The third-order valence-corrected chi connectivity index (χ3v) is 4.87. The lowest BCUT2D eigenvalue weighted by atomic mass is 10.2. The minimum absolute atomic E-state index is 0.207. The van der Waals surface area contributed by atoms with E-state index in [9.17, 15) is 4.79 Å². The van der Waals surface area contributed by atoms with E-state index in [4.69, 9.17) is 0 Å². The van der Waals surface area contributed by atoms with E-state index in [2.05, 4.69) is 23.7 Å². The quantitative estimate of drug-likeness (QED) is 0.724. The molecular weight excluding hydrogens is 280 g/mol. The summed E-state index contributed by atoms with van der Waals surface area (Å²) in [7, 11) is 0. The summed E-state index contributed by atoms with van der Waals surface area (Å²) >= 11 is 1.51. The smallest absolute Gasteiger partial charge is 0.175 e. The number of aryl methyl sites for hydroxylation is 1. The number of benzene rings is 1. The Morgan fingerprint density at radius 2 is 1.86 bits per heavy atom. The summed E-state index contributed by atoms with van der Waals surface area (Å²) in [4.78, 5) is 20.0. The molecule has 0 aliphatic rings. The molecule has 0 atom stereocenters. The third kappa shape index (κ3) is 3.99. The molecule has 0 unspecified atom stereocenters. The van der Waals surface area contributed by atoms with Crippen molar-refractivity contribution in [3.8, 4) is 10.6 Å². The molecule has 0 bridgehead atoms. The minimum atomic E-state index is 0.207. The predicted octanol–water partition coefficient (Wildman–Crippen LogP) is 4.03. The second-order valence-corrected chi connectivity index (χ2v) is 6.00. The second kappa shape index (κ2) is 7.48. The highest BCUT2D eigenvalue weighted by molar-refractivity contribution is 7.17. The van der Waals surface area contributed by atoms with Gasteiger partial charge in [0, 0.05) is 18.5 Å². The molecule has 112 valence electrons. The van der Waals surface area contributed by atoms with Crippen LogP contribution in [0.4, 0.5) is 0 Å². The number of nitrogens with zero attached hydrogens (tertiary/aromatic N) is 2. The lowest BCUT2D eigenvalue weighted by molar-refractivity contribution is 0.0969. The van der Waals surface area contributed by atoms with Crippen LogP contribution in [-0.4, -0.2) is 35.3 Å². The van der Waals surface area contributed by atoms with E-state index >= 15 is 0 Å². The fourth-order valence-corrected chi connectivity index (χ4v) is 3.31. The maximum atomic E-state index is 12.4. The molecule has 1 heterocycles. The lowest BCUT2D eigenvalue weighted by Gasteiger charge is -2.16. The Morgan fingerprint density at radius 1 is 1.19 bits per heavy atom. The molecule has 0 radical (unpaired) electrons. The van der Waals surface area contributed by atoms with Crippen molar-refractivity contribution in [3.63, 3.8) is 0 Å². The number of carbonyl (C=O) groups excluding carboxylic acids is 1. The molecule has 0 amide bonds. The van der Waals surface area contributed by atoms with Crippen LogP contribution in [0.1, 0.15) is 35.6 Å². The van der Waals surface area contributed by atoms with Crippen LogP contribution in [0.3, 0.4) is 0 Å². The highest BCUT2D eigenvalue weighted by Gasteiger charge is 2.16. The molecule has 0 spiro atoms. The van der Waals surface area contributed by atoms with Gasteiger partial charge in [0.1, 0.15) is 5.01 Å². The minimum Gasteiger partial charge on any atom is -0.303 e. The van der Waals surface area contributed by atoms with E-state index in [1.54, 1.807) is 0 Å². The Balaban J connectivity index is 2.10. The Labute approximate surface area is 130 Å². The average Bonchev–Trinajstić information content (AvgIpc) is 2.91.